The predicted octanol–water partition coefficient (Wildman–Crippen LogP) is 2.96. The van der Waals surface area contributed by atoms with E-state index >= 15 is 0 Å². The molecule has 0 bridgehead atoms. The molecule has 1 aromatic carbocycles. The van der Waals surface area contributed by atoms with Crippen molar-refractivity contribution in [3.63, 3.8) is 0 Å². The Morgan fingerprint density at radius 3 is 2.69 bits per heavy atom. The van der Waals surface area contributed by atoms with Crippen LogP contribution in [0.2, 0.25) is 0 Å². The van der Waals surface area contributed by atoms with Gasteiger partial charge in [-0.25, -0.2) is 0 Å². The summed E-state index contributed by atoms with van der Waals surface area (Å²) in [5.41, 5.74) is 1.18. The molecule has 0 amide bonds. The molecule has 0 heterocycles. The lowest BCUT2D eigenvalue weighted by molar-refractivity contribution is 0.360. The summed E-state index contributed by atoms with van der Waals surface area (Å²) in [6.45, 7) is 6.70. The van der Waals surface area contributed by atoms with Gasteiger partial charge in [0.2, 0.25) is 0 Å². The van der Waals surface area contributed by atoms with E-state index in [0.717, 1.165) is 18.8 Å². The zero-order valence-electron chi connectivity index (χ0n) is 9.90. The van der Waals surface area contributed by atoms with Gasteiger partial charge < -0.3 is 10.1 Å². The van der Waals surface area contributed by atoms with E-state index in [-0.39, 0.29) is 12.4 Å². The number of ether oxygens (including phenoxy) is 1. The smallest absolute Gasteiger partial charge is 0.122 e. The van der Waals surface area contributed by atoms with E-state index in [1.165, 1.54) is 5.56 Å². The number of hydrogen-bond acceptors (Lipinski definition) is 2. The molecule has 0 aliphatic heterocycles. The van der Waals surface area contributed by atoms with Gasteiger partial charge in [-0.2, -0.15) is 0 Å². The maximum absolute atomic E-state index is 5.60. The monoisotopic (exact) mass is 241 g/mol. The van der Waals surface area contributed by atoms with Crippen LogP contribution in [-0.4, -0.2) is 19.7 Å². The number of likely N-dealkylation sites (N-methyl/N-ethyl adjacent to an activating group) is 1. The van der Waals surface area contributed by atoms with Gasteiger partial charge in [0.1, 0.15) is 12.4 Å². The maximum atomic E-state index is 5.60. The van der Waals surface area contributed by atoms with Crippen molar-refractivity contribution in [2.45, 2.75) is 13.8 Å². The first kappa shape index (κ1) is 15.0. The number of aryl methyl sites for hydroxylation is 1. The normalized spacial score (nSPS) is 10.1. The van der Waals surface area contributed by atoms with Crippen LogP contribution in [0.25, 0.3) is 0 Å². The minimum Gasteiger partial charge on any atom is -0.489 e. The summed E-state index contributed by atoms with van der Waals surface area (Å²) in [6, 6.07) is 8.05. The number of rotatable bonds is 6. The van der Waals surface area contributed by atoms with Crippen LogP contribution in [0.5, 0.6) is 5.75 Å². The lowest BCUT2D eigenvalue weighted by atomic mass is 10.2. The van der Waals surface area contributed by atoms with Gasteiger partial charge in [-0.3, -0.25) is 0 Å². The van der Waals surface area contributed by atoms with Crippen molar-refractivity contribution in [3.8, 4) is 5.75 Å². The predicted molar refractivity (Wildman–Crippen MR) is 71.6 cm³/mol. The minimum atomic E-state index is 0. The Balaban J connectivity index is 0.00000225. The number of nitrogens with one attached hydrogen (secondary N) is 1. The molecule has 0 spiro atoms. The standard InChI is InChI=1S/C13H19NO.ClH/c1-3-14-10-6-7-11-15-13-9-5-4-8-12(13)2;/h4-9,14H,3,10-11H2,1-2H3;1H/b7-6+;. The molecule has 0 saturated heterocycles. The number of hydrogen-bond donors (Lipinski definition) is 1. The third-order valence-electron chi connectivity index (χ3n) is 2.11. The van der Waals surface area contributed by atoms with Crippen LogP contribution in [0.3, 0.4) is 0 Å². The second-order valence-corrected chi connectivity index (χ2v) is 3.36. The molecule has 1 aromatic rings. The third-order valence-corrected chi connectivity index (χ3v) is 2.11. The van der Waals surface area contributed by atoms with Crippen molar-refractivity contribution in [1.29, 1.82) is 0 Å². The molecule has 0 saturated carbocycles. The van der Waals surface area contributed by atoms with Crippen LogP contribution in [0.15, 0.2) is 36.4 Å². The molecule has 90 valence electrons. The number of halogens is 1. The molecule has 1 N–H and O–H groups in total. The topological polar surface area (TPSA) is 21.3 Å². The highest BCUT2D eigenvalue weighted by Crippen LogP contribution is 2.15. The SMILES string of the molecule is CCNC/C=C/COc1ccccc1C.Cl. The average Bonchev–Trinajstić information content (AvgIpc) is 2.25. The highest BCUT2D eigenvalue weighted by Gasteiger charge is 1.94. The van der Waals surface area contributed by atoms with E-state index in [4.69, 9.17) is 4.74 Å². The van der Waals surface area contributed by atoms with Gasteiger partial charge >= 0.3 is 0 Å². The fourth-order valence-corrected chi connectivity index (χ4v) is 1.24. The highest BCUT2D eigenvalue weighted by molar-refractivity contribution is 5.85. The molecule has 0 aliphatic rings. The fraction of sp³-hybridized carbons (Fsp3) is 0.385. The highest BCUT2D eigenvalue weighted by atomic mass is 35.5. The van der Waals surface area contributed by atoms with Gasteiger partial charge in [0.05, 0.1) is 0 Å². The van der Waals surface area contributed by atoms with Crippen molar-refractivity contribution in [2.24, 2.45) is 0 Å². The second kappa shape index (κ2) is 9.25. The Morgan fingerprint density at radius 1 is 1.25 bits per heavy atom. The van der Waals surface area contributed by atoms with Crippen LogP contribution in [-0.2, 0) is 0 Å². The van der Waals surface area contributed by atoms with Crippen LogP contribution >= 0.6 is 12.4 Å². The van der Waals surface area contributed by atoms with Gasteiger partial charge in [0.15, 0.2) is 0 Å². The molecule has 16 heavy (non-hydrogen) atoms. The Kier molecular flexibility index (Phi) is 8.68. The zero-order chi connectivity index (χ0) is 10.9. The molecule has 1 rings (SSSR count). The molecule has 0 aliphatic carbocycles. The molecule has 3 heteroatoms. The number of benzene rings is 1. The van der Waals surface area contributed by atoms with E-state index in [2.05, 4.69) is 31.3 Å². The van der Waals surface area contributed by atoms with E-state index < -0.39 is 0 Å². The third kappa shape index (κ3) is 5.79. The molecule has 2 nitrogen and oxygen atoms in total. The van der Waals surface area contributed by atoms with Gasteiger partial charge in [0, 0.05) is 6.54 Å². The van der Waals surface area contributed by atoms with Crippen molar-refractivity contribution in [2.75, 3.05) is 19.7 Å². The van der Waals surface area contributed by atoms with Crippen molar-refractivity contribution >= 4 is 12.4 Å². The van der Waals surface area contributed by atoms with Gasteiger partial charge in [0.25, 0.3) is 0 Å². The molecular weight excluding hydrogens is 222 g/mol. The molecular formula is C13H20ClNO. The van der Waals surface area contributed by atoms with Crippen LogP contribution in [0.1, 0.15) is 12.5 Å². The number of para-hydroxylation sites is 1. The Labute approximate surface area is 104 Å². The van der Waals surface area contributed by atoms with E-state index in [1.807, 2.05) is 24.3 Å². The lowest BCUT2D eigenvalue weighted by Crippen LogP contribution is -2.11. The first-order valence-corrected chi connectivity index (χ1v) is 5.38. The minimum absolute atomic E-state index is 0. The van der Waals surface area contributed by atoms with Crippen LogP contribution < -0.4 is 10.1 Å². The van der Waals surface area contributed by atoms with E-state index in [0.29, 0.717) is 6.61 Å². The van der Waals surface area contributed by atoms with Crippen molar-refractivity contribution in [3.05, 3.63) is 42.0 Å². The Morgan fingerprint density at radius 2 is 2.00 bits per heavy atom. The first-order valence-electron chi connectivity index (χ1n) is 5.38. The Hall–Kier alpha value is -0.990. The zero-order valence-corrected chi connectivity index (χ0v) is 10.7. The Bertz CT molecular complexity index is 313. The summed E-state index contributed by atoms with van der Waals surface area (Å²) in [6.07, 6.45) is 4.12. The summed E-state index contributed by atoms with van der Waals surface area (Å²) < 4.78 is 5.60. The van der Waals surface area contributed by atoms with Gasteiger partial charge in [-0.05, 0) is 25.1 Å². The molecule has 0 radical (unpaired) electrons. The fourth-order valence-electron chi connectivity index (χ4n) is 1.24. The summed E-state index contributed by atoms with van der Waals surface area (Å²) in [5, 5.41) is 3.22. The maximum Gasteiger partial charge on any atom is 0.122 e. The molecule has 0 atom stereocenters. The first-order chi connectivity index (χ1) is 7.34. The van der Waals surface area contributed by atoms with Crippen molar-refractivity contribution in [1.82, 2.24) is 5.32 Å². The molecule has 0 fully saturated rings. The largest absolute Gasteiger partial charge is 0.489 e. The summed E-state index contributed by atoms with van der Waals surface area (Å²) in [5.74, 6) is 0.964. The van der Waals surface area contributed by atoms with E-state index in [9.17, 15) is 0 Å². The molecule has 0 unspecified atom stereocenters. The van der Waals surface area contributed by atoms with Gasteiger partial charge in [-0.1, -0.05) is 37.3 Å². The second-order valence-electron chi connectivity index (χ2n) is 3.36. The van der Waals surface area contributed by atoms with Crippen molar-refractivity contribution < 1.29 is 4.74 Å². The van der Waals surface area contributed by atoms with Crippen LogP contribution in [0.4, 0.5) is 0 Å². The quantitative estimate of drug-likeness (QED) is 0.611. The summed E-state index contributed by atoms with van der Waals surface area (Å²) in [4.78, 5) is 0. The lowest BCUT2D eigenvalue weighted by Gasteiger charge is -2.05. The average molecular weight is 242 g/mol. The van der Waals surface area contributed by atoms with Gasteiger partial charge in [-0.15, -0.1) is 12.4 Å². The van der Waals surface area contributed by atoms with Crippen LogP contribution in [0, 0.1) is 6.92 Å². The van der Waals surface area contributed by atoms with E-state index in [1.54, 1.807) is 0 Å². The summed E-state index contributed by atoms with van der Waals surface area (Å²) >= 11 is 0. The molecule has 0 aromatic heterocycles. The summed E-state index contributed by atoms with van der Waals surface area (Å²) in [7, 11) is 0.